The molecule has 0 saturated heterocycles. The quantitative estimate of drug-likeness (QED) is 0.792. The number of aryl methyl sites for hydroxylation is 1. The molecule has 0 amide bonds. The van der Waals surface area contributed by atoms with Gasteiger partial charge in [0.25, 0.3) is 0 Å². The highest BCUT2D eigenvalue weighted by atomic mass is 32.1. The fourth-order valence-electron chi connectivity index (χ4n) is 2.45. The second-order valence-corrected chi connectivity index (χ2v) is 6.76. The fraction of sp³-hybridized carbons (Fsp3) is 0.800. The van der Waals surface area contributed by atoms with Gasteiger partial charge in [0.1, 0.15) is 11.1 Å². The lowest BCUT2D eigenvalue weighted by Crippen LogP contribution is -2.15. The van der Waals surface area contributed by atoms with Gasteiger partial charge in [0, 0.05) is 24.1 Å². The van der Waals surface area contributed by atoms with Gasteiger partial charge in [-0.1, -0.05) is 6.92 Å². The molecule has 1 N–H and O–H groups in total. The van der Waals surface area contributed by atoms with Crippen LogP contribution < -0.4 is 5.32 Å². The Morgan fingerprint density at radius 1 is 1.32 bits per heavy atom. The molecule has 1 atom stereocenters. The minimum Gasteiger partial charge on any atom is -0.371 e. The largest absolute Gasteiger partial charge is 0.371 e. The Kier molecular flexibility index (Phi) is 4.20. The van der Waals surface area contributed by atoms with Crippen LogP contribution in [-0.4, -0.2) is 17.6 Å². The Labute approximate surface area is 119 Å². The third kappa shape index (κ3) is 3.36. The molecule has 0 aliphatic heterocycles. The van der Waals surface area contributed by atoms with Crippen molar-refractivity contribution in [1.29, 1.82) is 0 Å². The zero-order valence-corrected chi connectivity index (χ0v) is 12.8. The molecule has 3 nitrogen and oxygen atoms in total. The van der Waals surface area contributed by atoms with Gasteiger partial charge >= 0.3 is 0 Å². The third-order valence-corrected chi connectivity index (χ3v) is 5.06. The number of nitrogens with zero attached hydrogens (tertiary/aromatic N) is 1. The maximum atomic E-state index is 5.93. The van der Waals surface area contributed by atoms with Gasteiger partial charge in [-0.3, -0.25) is 0 Å². The van der Waals surface area contributed by atoms with Crippen molar-refractivity contribution in [2.75, 3.05) is 6.61 Å². The topological polar surface area (TPSA) is 34.1 Å². The molecule has 2 saturated carbocycles. The van der Waals surface area contributed by atoms with Gasteiger partial charge in [-0.2, -0.15) is 0 Å². The molecular weight excluding hydrogens is 256 g/mol. The molecule has 3 rings (SSSR count). The van der Waals surface area contributed by atoms with Crippen molar-refractivity contribution in [3.63, 3.8) is 0 Å². The highest BCUT2D eigenvalue weighted by Gasteiger charge is 2.35. The minimum atomic E-state index is 0.259. The molecule has 2 aliphatic carbocycles. The zero-order valence-electron chi connectivity index (χ0n) is 11.9. The van der Waals surface area contributed by atoms with Gasteiger partial charge in [-0.15, -0.1) is 11.3 Å². The smallest absolute Gasteiger partial charge is 0.122 e. The Balaban J connectivity index is 1.72. The lowest BCUT2D eigenvalue weighted by Gasteiger charge is -2.12. The summed E-state index contributed by atoms with van der Waals surface area (Å²) in [5.41, 5.74) is 1.28. The van der Waals surface area contributed by atoms with E-state index in [0.717, 1.165) is 31.5 Å². The average molecular weight is 280 g/mol. The summed E-state index contributed by atoms with van der Waals surface area (Å²) in [5.74, 6) is 0.722. The first-order valence-corrected chi connectivity index (χ1v) is 8.46. The van der Waals surface area contributed by atoms with Crippen LogP contribution in [0.1, 0.15) is 61.2 Å². The number of thiazole rings is 1. The second-order valence-electron chi connectivity index (χ2n) is 5.64. The van der Waals surface area contributed by atoms with Crippen molar-refractivity contribution < 1.29 is 4.74 Å². The Hall–Kier alpha value is -0.450. The van der Waals surface area contributed by atoms with E-state index < -0.39 is 0 Å². The fourth-order valence-corrected chi connectivity index (χ4v) is 3.70. The van der Waals surface area contributed by atoms with E-state index in [1.165, 1.54) is 41.3 Å². The van der Waals surface area contributed by atoms with Crippen molar-refractivity contribution in [3.05, 3.63) is 15.6 Å². The number of ether oxygens (including phenoxy) is 1. The summed E-state index contributed by atoms with van der Waals surface area (Å²) in [5, 5.41) is 4.82. The number of rotatable bonds is 8. The molecule has 0 aromatic carbocycles. The molecule has 106 valence electrons. The molecule has 0 bridgehead atoms. The molecule has 1 unspecified atom stereocenters. The number of nitrogens with one attached hydrogen (secondary N) is 1. The van der Waals surface area contributed by atoms with E-state index in [0.29, 0.717) is 0 Å². The van der Waals surface area contributed by atoms with Gasteiger partial charge in [0.15, 0.2) is 0 Å². The standard InChI is InChI=1S/C15H24N2OS/c1-3-12-13(9-16-11-7-8-11)19-15(17-12)14(18-4-2)10-5-6-10/h10-11,14,16H,3-9H2,1-2H3. The van der Waals surface area contributed by atoms with Gasteiger partial charge < -0.3 is 10.1 Å². The summed E-state index contributed by atoms with van der Waals surface area (Å²) < 4.78 is 5.93. The SMILES string of the molecule is CCOC(c1nc(CC)c(CNC2CC2)s1)C1CC1. The number of hydrogen-bond donors (Lipinski definition) is 1. The molecule has 2 aliphatic rings. The van der Waals surface area contributed by atoms with Gasteiger partial charge in [-0.05, 0) is 44.9 Å². The van der Waals surface area contributed by atoms with Crippen molar-refractivity contribution in [3.8, 4) is 0 Å². The van der Waals surface area contributed by atoms with E-state index in [1.54, 1.807) is 0 Å². The summed E-state index contributed by atoms with van der Waals surface area (Å²) in [6.07, 6.45) is 6.59. The van der Waals surface area contributed by atoms with Crippen LogP contribution >= 0.6 is 11.3 Å². The van der Waals surface area contributed by atoms with E-state index in [4.69, 9.17) is 9.72 Å². The van der Waals surface area contributed by atoms with Gasteiger partial charge in [-0.25, -0.2) is 4.98 Å². The maximum Gasteiger partial charge on any atom is 0.122 e. The lowest BCUT2D eigenvalue weighted by molar-refractivity contribution is 0.0461. The molecule has 0 radical (unpaired) electrons. The summed E-state index contributed by atoms with van der Waals surface area (Å²) in [6.45, 7) is 6.07. The summed E-state index contributed by atoms with van der Waals surface area (Å²) in [7, 11) is 0. The van der Waals surface area contributed by atoms with Crippen molar-refractivity contribution in [2.24, 2.45) is 5.92 Å². The molecule has 1 aromatic heterocycles. The van der Waals surface area contributed by atoms with Crippen LogP contribution in [0.2, 0.25) is 0 Å². The van der Waals surface area contributed by atoms with Crippen LogP contribution in [0.25, 0.3) is 0 Å². The van der Waals surface area contributed by atoms with Crippen LogP contribution in [0, 0.1) is 5.92 Å². The monoisotopic (exact) mass is 280 g/mol. The van der Waals surface area contributed by atoms with E-state index >= 15 is 0 Å². The van der Waals surface area contributed by atoms with E-state index in [1.807, 2.05) is 11.3 Å². The van der Waals surface area contributed by atoms with Crippen LogP contribution in [0.4, 0.5) is 0 Å². The van der Waals surface area contributed by atoms with Gasteiger partial charge in [0.2, 0.25) is 0 Å². The number of hydrogen-bond acceptors (Lipinski definition) is 4. The molecular formula is C15H24N2OS. The highest BCUT2D eigenvalue weighted by Crippen LogP contribution is 2.44. The first-order chi connectivity index (χ1) is 9.31. The predicted octanol–water partition coefficient (Wildman–Crippen LogP) is 3.45. The first-order valence-electron chi connectivity index (χ1n) is 7.65. The maximum absolute atomic E-state index is 5.93. The number of aromatic nitrogens is 1. The molecule has 1 aromatic rings. The van der Waals surface area contributed by atoms with Crippen molar-refractivity contribution >= 4 is 11.3 Å². The van der Waals surface area contributed by atoms with Gasteiger partial charge in [0.05, 0.1) is 5.69 Å². The average Bonchev–Trinajstić information content (AvgIpc) is 3.31. The Morgan fingerprint density at radius 3 is 2.68 bits per heavy atom. The second kappa shape index (κ2) is 5.90. The summed E-state index contributed by atoms with van der Waals surface area (Å²) >= 11 is 1.87. The zero-order chi connectivity index (χ0) is 13.2. The van der Waals surface area contributed by atoms with E-state index in [-0.39, 0.29) is 6.10 Å². The highest BCUT2D eigenvalue weighted by molar-refractivity contribution is 7.11. The Bertz CT molecular complexity index is 424. The van der Waals surface area contributed by atoms with Crippen LogP contribution in [-0.2, 0) is 17.7 Å². The lowest BCUT2D eigenvalue weighted by atomic mass is 10.2. The van der Waals surface area contributed by atoms with E-state index in [9.17, 15) is 0 Å². The minimum absolute atomic E-state index is 0.259. The van der Waals surface area contributed by atoms with E-state index in [2.05, 4.69) is 19.2 Å². The summed E-state index contributed by atoms with van der Waals surface area (Å²) in [4.78, 5) is 6.29. The first kappa shape index (κ1) is 13.5. The molecule has 19 heavy (non-hydrogen) atoms. The van der Waals surface area contributed by atoms with Crippen LogP contribution in [0.3, 0.4) is 0 Å². The Morgan fingerprint density at radius 2 is 2.11 bits per heavy atom. The van der Waals surface area contributed by atoms with Crippen molar-refractivity contribution in [2.45, 2.75) is 64.6 Å². The molecule has 1 heterocycles. The summed E-state index contributed by atoms with van der Waals surface area (Å²) in [6, 6.07) is 0.765. The predicted molar refractivity (Wildman–Crippen MR) is 78.4 cm³/mol. The molecule has 2 fully saturated rings. The van der Waals surface area contributed by atoms with Crippen molar-refractivity contribution in [1.82, 2.24) is 10.3 Å². The molecule has 4 heteroatoms. The normalized spacial score (nSPS) is 20.7. The third-order valence-electron chi connectivity index (χ3n) is 3.90. The van der Waals surface area contributed by atoms with Crippen LogP contribution in [0.5, 0.6) is 0 Å². The van der Waals surface area contributed by atoms with Crippen LogP contribution in [0.15, 0.2) is 0 Å². The molecule has 0 spiro atoms.